The Morgan fingerprint density at radius 2 is 2.17 bits per heavy atom. The van der Waals surface area contributed by atoms with Crippen molar-refractivity contribution in [1.82, 2.24) is 15.3 Å². The fourth-order valence-corrected chi connectivity index (χ4v) is 2.74. The Morgan fingerprint density at radius 1 is 1.28 bits per heavy atom. The molecule has 0 amide bonds. The maximum absolute atomic E-state index is 5.91. The minimum Gasteiger partial charge on any atom is -0.474 e. The van der Waals surface area contributed by atoms with Gasteiger partial charge in [-0.3, -0.25) is 0 Å². The van der Waals surface area contributed by atoms with Crippen LogP contribution >= 0.6 is 11.3 Å². The van der Waals surface area contributed by atoms with Crippen LogP contribution in [0.15, 0.2) is 29.9 Å². The smallest absolute Gasteiger partial charge is 0.217 e. The summed E-state index contributed by atoms with van der Waals surface area (Å²) in [5, 5.41) is 5.37. The van der Waals surface area contributed by atoms with Crippen LogP contribution in [0.25, 0.3) is 10.6 Å². The van der Waals surface area contributed by atoms with Crippen LogP contribution in [-0.4, -0.2) is 29.2 Å². The van der Waals surface area contributed by atoms with Gasteiger partial charge >= 0.3 is 0 Å². The van der Waals surface area contributed by atoms with Crippen molar-refractivity contribution in [2.45, 2.75) is 18.9 Å². The summed E-state index contributed by atoms with van der Waals surface area (Å²) in [5.74, 6) is 0.681. The lowest BCUT2D eigenvalue weighted by Gasteiger charge is -2.23. The van der Waals surface area contributed by atoms with Crippen LogP contribution in [0.5, 0.6) is 5.88 Å². The molecule has 4 nitrogen and oxygen atoms in total. The van der Waals surface area contributed by atoms with Gasteiger partial charge in [-0.25, -0.2) is 9.97 Å². The van der Waals surface area contributed by atoms with Gasteiger partial charge in [-0.15, -0.1) is 11.3 Å². The zero-order valence-electron chi connectivity index (χ0n) is 10.0. The molecular weight excluding hydrogens is 246 g/mol. The Hall–Kier alpha value is -1.46. The van der Waals surface area contributed by atoms with Crippen LogP contribution in [0.1, 0.15) is 12.8 Å². The Kier molecular flexibility index (Phi) is 3.52. The maximum atomic E-state index is 5.91. The van der Waals surface area contributed by atoms with Crippen LogP contribution in [0, 0.1) is 0 Å². The van der Waals surface area contributed by atoms with E-state index in [-0.39, 0.29) is 6.10 Å². The number of hydrogen-bond donors (Lipinski definition) is 1. The molecule has 1 fully saturated rings. The Morgan fingerprint density at radius 3 is 2.94 bits per heavy atom. The number of thiophene rings is 1. The average Bonchev–Trinajstić information content (AvgIpc) is 2.94. The summed E-state index contributed by atoms with van der Waals surface area (Å²) < 4.78 is 5.91. The van der Waals surface area contributed by atoms with Crippen molar-refractivity contribution >= 4 is 11.3 Å². The molecule has 0 saturated carbocycles. The highest BCUT2D eigenvalue weighted by atomic mass is 32.1. The molecule has 1 aliphatic heterocycles. The summed E-state index contributed by atoms with van der Waals surface area (Å²) in [6, 6.07) is 6.00. The average molecular weight is 261 g/mol. The first-order valence-corrected chi connectivity index (χ1v) is 7.03. The van der Waals surface area contributed by atoms with E-state index < -0.39 is 0 Å². The van der Waals surface area contributed by atoms with E-state index in [1.807, 2.05) is 17.5 Å². The fraction of sp³-hybridized carbons (Fsp3) is 0.385. The highest BCUT2D eigenvalue weighted by Gasteiger charge is 2.15. The van der Waals surface area contributed by atoms with E-state index in [0.717, 1.165) is 36.5 Å². The summed E-state index contributed by atoms with van der Waals surface area (Å²) in [6.07, 6.45) is 3.93. The lowest BCUT2D eigenvalue weighted by molar-refractivity contribution is 0.156. The Labute approximate surface area is 110 Å². The van der Waals surface area contributed by atoms with Crippen LogP contribution in [0.2, 0.25) is 0 Å². The first kappa shape index (κ1) is 11.6. The molecule has 0 atom stereocenters. The van der Waals surface area contributed by atoms with Gasteiger partial charge in [-0.2, -0.15) is 0 Å². The lowest BCUT2D eigenvalue weighted by Crippen LogP contribution is -2.34. The minimum absolute atomic E-state index is 0.275. The molecule has 0 spiro atoms. The van der Waals surface area contributed by atoms with Gasteiger partial charge in [0.25, 0.3) is 0 Å². The Balaban J connectivity index is 1.74. The van der Waals surface area contributed by atoms with E-state index in [9.17, 15) is 0 Å². The maximum Gasteiger partial charge on any atom is 0.217 e. The topological polar surface area (TPSA) is 47.0 Å². The Bertz CT molecular complexity index is 495. The van der Waals surface area contributed by atoms with Crippen LogP contribution in [0.3, 0.4) is 0 Å². The van der Waals surface area contributed by atoms with Crippen molar-refractivity contribution in [1.29, 1.82) is 0 Å². The van der Waals surface area contributed by atoms with E-state index in [4.69, 9.17) is 4.74 Å². The highest BCUT2D eigenvalue weighted by molar-refractivity contribution is 7.13. The zero-order valence-corrected chi connectivity index (χ0v) is 10.8. The number of ether oxygens (including phenoxy) is 1. The van der Waals surface area contributed by atoms with Gasteiger partial charge in [-0.05, 0) is 37.4 Å². The second kappa shape index (κ2) is 5.46. The molecule has 94 valence electrons. The predicted octanol–water partition coefficient (Wildman–Crippen LogP) is 2.34. The molecule has 2 aromatic heterocycles. The number of nitrogens with zero attached hydrogens (tertiary/aromatic N) is 2. The third kappa shape index (κ3) is 2.68. The van der Waals surface area contributed by atoms with E-state index in [1.165, 1.54) is 0 Å². The summed E-state index contributed by atoms with van der Waals surface area (Å²) in [4.78, 5) is 9.62. The molecule has 0 unspecified atom stereocenters. The third-order valence-corrected chi connectivity index (χ3v) is 3.88. The van der Waals surface area contributed by atoms with Crippen molar-refractivity contribution in [3.05, 3.63) is 29.9 Å². The second-order valence-electron chi connectivity index (χ2n) is 4.29. The molecule has 1 N–H and O–H groups in total. The summed E-state index contributed by atoms with van der Waals surface area (Å²) in [6.45, 7) is 2.04. The SMILES string of the molecule is c1csc(-c2cc(OC3CCNCC3)ncn2)c1. The molecule has 18 heavy (non-hydrogen) atoms. The molecule has 1 aliphatic rings. The fourth-order valence-electron chi connectivity index (χ4n) is 2.05. The lowest BCUT2D eigenvalue weighted by atomic mass is 10.1. The molecular formula is C13H15N3OS. The summed E-state index contributed by atoms with van der Waals surface area (Å²) >= 11 is 1.67. The number of aromatic nitrogens is 2. The van der Waals surface area contributed by atoms with Gasteiger partial charge in [-0.1, -0.05) is 6.07 Å². The first-order chi connectivity index (χ1) is 8.92. The molecule has 3 rings (SSSR count). The van der Waals surface area contributed by atoms with Gasteiger partial charge in [0, 0.05) is 6.07 Å². The number of rotatable bonds is 3. The van der Waals surface area contributed by atoms with E-state index >= 15 is 0 Å². The zero-order chi connectivity index (χ0) is 12.2. The predicted molar refractivity (Wildman–Crippen MR) is 71.9 cm³/mol. The minimum atomic E-state index is 0.275. The molecule has 0 radical (unpaired) electrons. The standard InChI is InChI=1S/C13H15N3OS/c1-2-12(18-7-1)11-8-13(16-9-15-11)17-10-3-5-14-6-4-10/h1-2,7-10,14H,3-6H2. The van der Waals surface area contributed by atoms with Crippen molar-refractivity contribution in [3.63, 3.8) is 0 Å². The highest BCUT2D eigenvalue weighted by Crippen LogP contribution is 2.25. The van der Waals surface area contributed by atoms with Gasteiger partial charge in [0.15, 0.2) is 0 Å². The molecule has 0 bridgehead atoms. The summed E-state index contributed by atoms with van der Waals surface area (Å²) in [5.41, 5.74) is 0.934. The van der Waals surface area contributed by atoms with Crippen molar-refractivity contribution < 1.29 is 4.74 Å². The second-order valence-corrected chi connectivity index (χ2v) is 5.23. The van der Waals surface area contributed by atoms with Crippen molar-refractivity contribution in [2.75, 3.05) is 13.1 Å². The van der Waals surface area contributed by atoms with E-state index in [0.29, 0.717) is 5.88 Å². The molecule has 0 aromatic carbocycles. The number of nitrogens with one attached hydrogen (secondary N) is 1. The molecule has 2 aromatic rings. The van der Waals surface area contributed by atoms with Crippen LogP contribution in [0.4, 0.5) is 0 Å². The van der Waals surface area contributed by atoms with E-state index in [1.54, 1.807) is 17.7 Å². The van der Waals surface area contributed by atoms with Crippen molar-refractivity contribution in [3.8, 4) is 16.5 Å². The van der Waals surface area contributed by atoms with Gasteiger partial charge in [0.05, 0.1) is 10.6 Å². The molecule has 0 aliphatic carbocycles. The number of piperidine rings is 1. The van der Waals surface area contributed by atoms with Crippen molar-refractivity contribution in [2.24, 2.45) is 0 Å². The normalized spacial score (nSPS) is 16.7. The van der Waals surface area contributed by atoms with Crippen LogP contribution < -0.4 is 10.1 Å². The monoisotopic (exact) mass is 261 g/mol. The van der Waals surface area contributed by atoms with Gasteiger partial charge < -0.3 is 10.1 Å². The molecule has 1 saturated heterocycles. The third-order valence-electron chi connectivity index (χ3n) is 2.99. The quantitative estimate of drug-likeness (QED) is 0.921. The largest absolute Gasteiger partial charge is 0.474 e. The molecule has 5 heteroatoms. The van der Waals surface area contributed by atoms with Gasteiger partial charge in [0.1, 0.15) is 12.4 Å². The van der Waals surface area contributed by atoms with Gasteiger partial charge in [0.2, 0.25) is 5.88 Å². The van der Waals surface area contributed by atoms with E-state index in [2.05, 4.69) is 21.4 Å². The first-order valence-electron chi connectivity index (χ1n) is 6.15. The number of hydrogen-bond acceptors (Lipinski definition) is 5. The molecule has 3 heterocycles. The van der Waals surface area contributed by atoms with Crippen LogP contribution in [-0.2, 0) is 0 Å². The summed E-state index contributed by atoms with van der Waals surface area (Å²) in [7, 11) is 0.